The van der Waals surface area contributed by atoms with Crippen molar-refractivity contribution in [2.24, 2.45) is 17.6 Å². The fraction of sp³-hybridized carbons (Fsp3) is 1.00. The summed E-state index contributed by atoms with van der Waals surface area (Å²) in [5, 5.41) is 0. The topological polar surface area (TPSA) is 32.5 Å². The molecular formula is C13H27N3. The van der Waals surface area contributed by atoms with Crippen molar-refractivity contribution in [3.8, 4) is 0 Å². The molecule has 1 aliphatic carbocycles. The molecule has 0 amide bonds. The summed E-state index contributed by atoms with van der Waals surface area (Å²) in [6.07, 6.45) is 5.22. The van der Waals surface area contributed by atoms with Crippen LogP contribution in [-0.4, -0.2) is 56.1 Å². The van der Waals surface area contributed by atoms with Crippen LogP contribution >= 0.6 is 0 Å². The minimum atomic E-state index is 0.485. The largest absolute Gasteiger partial charge is 0.328 e. The van der Waals surface area contributed by atoms with Crippen LogP contribution in [-0.2, 0) is 0 Å². The van der Waals surface area contributed by atoms with Crippen LogP contribution in [0.5, 0.6) is 0 Å². The van der Waals surface area contributed by atoms with Crippen LogP contribution in [0.2, 0.25) is 0 Å². The molecule has 1 aliphatic heterocycles. The molecule has 3 heteroatoms. The molecule has 0 radical (unpaired) electrons. The van der Waals surface area contributed by atoms with Gasteiger partial charge in [0.15, 0.2) is 0 Å². The van der Waals surface area contributed by atoms with E-state index in [0.29, 0.717) is 6.04 Å². The zero-order chi connectivity index (χ0) is 11.7. The summed E-state index contributed by atoms with van der Waals surface area (Å²) in [7, 11) is 6.72. The molecule has 0 aromatic rings. The third-order valence-electron chi connectivity index (χ3n) is 4.54. The number of rotatable bonds is 3. The molecule has 0 bridgehead atoms. The molecule has 2 rings (SSSR count). The van der Waals surface area contributed by atoms with Crippen LogP contribution in [0, 0.1) is 11.8 Å². The molecule has 94 valence electrons. The van der Waals surface area contributed by atoms with E-state index in [9.17, 15) is 0 Å². The lowest BCUT2D eigenvalue weighted by Gasteiger charge is -2.47. The smallest absolute Gasteiger partial charge is 0.0148 e. The average Bonchev–Trinajstić information content (AvgIpc) is 2.18. The van der Waals surface area contributed by atoms with Gasteiger partial charge in [-0.25, -0.2) is 0 Å². The first kappa shape index (κ1) is 12.3. The Morgan fingerprint density at radius 1 is 1.12 bits per heavy atom. The molecule has 0 aromatic heterocycles. The van der Waals surface area contributed by atoms with Crippen LogP contribution < -0.4 is 5.73 Å². The summed E-state index contributed by atoms with van der Waals surface area (Å²) in [4.78, 5) is 4.91. The van der Waals surface area contributed by atoms with Crippen LogP contribution in [0.3, 0.4) is 0 Å². The van der Waals surface area contributed by atoms with Gasteiger partial charge in [0.25, 0.3) is 0 Å². The Balaban J connectivity index is 1.92. The SMILES string of the molecule is CN1CCC(C(C2CC(N)C2)N(C)C)CC1. The van der Waals surface area contributed by atoms with Gasteiger partial charge < -0.3 is 15.5 Å². The maximum atomic E-state index is 5.93. The van der Waals surface area contributed by atoms with E-state index in [2.05, 4.69) is 30.9 Å². The summed E-state index contributed by atoms with van der Waals surface area (Å²) in [6, 6.07) is 1.26. The first-order valence-electron chi connectivity index (χ1n) is 6.68. The fourth-order valence-corrected chi connectivity index (χ4v) is 3.59. The minimum Gasteiger partial charge on any atom is -0.328 e. The minimum absolute atomic E-state index is 0.485. The van der Waals surface area contributed by atoms with Crippen molar-refractivity contribution in [1.82, 2.24) is 9.80 Å². The van der Waals surface area contributed by atoms with E-state index in [-0.39, 0.29) is 0 Å². The first-order valence-corrected chi connectivity index (χ1v) is 6.68. The zero-order valence-electron chi connectivity index (χ0n) is 11.0. The second-order valence-corrected chi connectivity index (χ2v) is 6.09. The molecule has 1 saturated carbocycles. The molecule has 1 saturated heterocycles. The fourth-order valence-electron chi connectivity index (χ4n) is 3.59. The normalized spacial score (nSPS) is 35.1. The standard InChI is InChI=1S/C13H27N3/c1-15(2)13(11-8-12(14)9-11)10-4-6-16(3)7-5-10/h10-13H,4-9,14H2,1-3H3. The van der Waals surface area contributed by atoms with Gasteiger partial charge in [0.1, 0.15) is 0 Å². The molecule has 1 heterocycles. The predicted octanol–water partition coefficient (Wildman–Crippen LogP) is 0.996. The Hall–Kier alpha value is -0.120. The number of nitrogens with two attached hydrogens (primary N) is 1. The molecule has 16 heavy (non-hydrogen) atoms. The van der Waals surface area contributed by atoms with Gasteiger partial charge in [-0.15, -0.1) is 0 Å². The number of likely N-dealkylation sites (tertiary alicyclic amines) is 1. The number of piperidine rings is 1. The van der Waals surface area contributed by atoms with E-state index in [1.165, 1.54) is 38.8 Å². The highest BCUT2D eigenvalue weighted by Gasteiger charge is 2.38. The van der Waals surface area contributed by atoms with E-state index >= 15 is 0 Å². The van der Waals surface area contributed by atoms with Gasteiger partial charge >= 0.3 is 0 Å². The quantitative estimate of drug-likeness (QED) is 0.777. The lowest BCUT2D eigenvalue weighted by Crippen LogP contribution is -2.52. The third kappa shape index (κ3) is 2.58. The Morgan fingerprint density at radius 2 is 1.69 bits per heavy atom. The number of hydrogen-bond acceptors (Lipinski definition) is 3. The van der Waals surface area contributed by atoms with Crippen molar-refractivity contribution in [1.29, 1.82) is 0 Å². The van der Waals surface area contributed by atoms with Crippen molar-refractivity contribution < 1.29 is 0 Å². The summed E-state index contributed by atoms with van der Waals surface area (Å²) in [6.45, 7) is 2.54. The Morgan fingerprint density at radius 3 is 2.12 bits per heavy atom. The zero-order valence-corrected chi connectivity index (χ0v) is 11.0. The predicted molar refractivity (Wildman–Crippen MR) is 68.4 cm³/mol. The van der Waals surface area contributed by atoms with Crippen molar-refractivity contribution in [3.05, 3.63) is 0 Å². The molecular weight excluding hydrogens is 198 g/mol. The molecule has 2 fully saturated rings. The maximum Gasteiger partial charge on any atom is 0.0148 e. The molecule has 0 aromatic carbocycles. The number of hydrogen-bond donors (Lipinski definition) is 1. The van der Waals surface area contributed by atoms with Crippen molar-refractivity contribution in [2.45, 2.75) is 37.8 Å². The van der Waals surface area contributed by atoms with Crippen LogP contribution in [0.4, 0.5) is 0 Å². The molecule has 2 N–H and O–H groups in total. The summed E-state index contributed by atoms with van der Waals surface area (Å²) in [5.41, 5.74) is 5.93. The number of nitrogens with zero attached hydrogens (tertiary/aromatic N) is 2. The van der Waals surface area contributed by atoms with Crippen molar-refractivity contribution in [2.75, 3.05) is 34.2 Å². The van der Waals surface area contributed by atoms with Gasteiger partial charge in [-0.05, 0) is 71.8 Å². The van der Waals surface area contributed by atoms with Gasteiger partial charge in [0.05, 0.1) is 0 Å². The summed E-state index contributed by atoms with van der Waals surface area (Å²) in [5.74, 6) is 1.75. The average molecular weight is 225 g/mol. The second-order valence-electron chi connectivity index (χ2n) is 6.09. The molecule has 1 atom stereocenters. The molecule has 1 unspecified atom stereocenters. The van der Waals surface area contributed by atoms with Crippen LogP contribution in [0.1, 0.15) is 25.7 Å². The van der Waals surface area contributed by atoms with E-state index in [0.717, 1.165) is 17.9 Å². The Labute approximate surface area is 100.0 Å². The highest BCUT2D eigenvalue weighted by Crippen LogP contribution is 2.37. The van der Waals surface area contributed by atoms with Gasteiger partial charge in [-0.1, -0.05) is 0 Å². The first-order chi connectivity index (χ1) is 7.58. The van der Waals surface area contributed by atoms with Crippen molar-refractivity contribution >= 4 is 0 Å². The van der Waals surface area contributed by atoms with Gasteiger partial charge in [0, 0.05) is 12.1 Å². The summed E-state index contributed by atoms with van der Waals surface area (Å²) >= 11 is 0. The summed E-state index contributed by atoms with van der Waals surface area (Å²) < 4.78 is 0. The molecule has 0 spiro atoms. The molecule has 2 aliphatic rings. The lowest BCUT2D eigenvalue weighted by atomic mass is 9.69. The van der Waals surface area contributed by atoms with Crippen molar-refractivity contribution in [3.63, 3.8) is 0 Å². The van der Waals surface area contributed by atoms with Crippen LogP contribution in [0.25, 0.3) is 0 Å². The van der Waals surface area contributed by atoms with E-state index in [1.54, 1.807) is 0 Å². The van der Waals surface area contributed by atoms with Gasteiger partial charge in [-0.3, -0.25) is 0 Å². The third-order valence-corrected chi connectivity index (χ3v) is 4.54. The van der Waals surface area contributed by atoms with E-state index in [4.69, 9.17) is 5.73 Å². The highest BCUT2D eigenvalue weighted by molar-refractivity contribution is 4.94. The lowest BCUT2D eigenvalue weighted by molar-refractivity contribution is 0.0476. The van der Waals surface area contributed by atoms with E-state index < -0.39 is 0 Å². The Kier molecular flexibility index (Phi) is 3.88. The monoisotopic (exact) mass is 225 g/mol. The molecule has 3 nitrogen and oxygen atoms in total. The van der Waals surface area contributed by atoms with E-state index in [1.807, 2.05) is 0 Å². The highest BCUT2D eigenvalue weighted by atomic mass is 15.1. The van der Waals surface area contributed by atoms with Gasteiger partial charge in [-0.2, -0.15) is 0 Å². The second kappa shape index (κ2) is 5.03. The Bertz CT molecular complexity index is 215. The van der Waals surface area contributed by atoms with Gasteiger partial charge in [0.2, 0.25) is 0 Å². The van der Waals surface area contributed by atoms with Crippen LogP contribution in [0.15, 0.2) is 0 Å². The maximum absolute atomic E-state index is 5.93.